The van der Waals surface area contributed by atoms with E-state index in [0.29, 0.717) is 0 Å². The SMILES string of the molecule is CC(=O)OCC1O[C@H](O)C(N=[N+]=[N-])[C@@H](OC(C)=O)[C@@H]1OC(C)=O. The fourth-order valence-corrected chi connectivity index (χ4v) is 2.08. The number of azide groups is 1. The van der Waals surface area contributed by atoms with Crippen LogP contribution in [-0.4, -0.2) is 60.3 Å². The number of carbonyl (C=O) groups excluding carboxylic acids is 3. The molecule has 0 aromatic rings. The Balaban J connectivity index is 3.11. The topological polar surface area (TPSA) is 157 Å². The van der Waals surface area contributed by atoms with Gasteiger partial charge in [-0.05, 0) is 5.53 Å². The smallest absolute Gasteiger partial charge is 0.303 e. The standard InChI is InChI=1S/C12H17N3O8/c1-5(16)20-4-8-10(21-6(2)17)11(22-7(3)18)9(14-15-13)12(19)23-8/h8-12,19H,4H2,1-3H3/t8?,9?,10-,11-,12+/m1/s1. The summed E-state index contributed by atoms with van der Waals surface area (Å²) in [6.45, 7) is 3.01. The third-order valence-corrected chi connectivity index (χ3v) is 2.87. The molecule has 0 aromatic carbocycles. The molecule has 1 N–H and O–H groups in total. The van der Waals surface area contributed by atoms with E-state index in [1.807, 2.05) is 0 Å². The van der Waals surface area contributed by atoms with Gasteiger partial charge in [-0.3, -0.25) is 14.4 Å². The van der Waals surface area contributed by atoms with Gasteiger partial charge in [0.2, 0.25) is 0 Å². The Morgan fingerprint density at radius 2 is 1.70 bits per heavy atom. The molecule has 5 atom stereocenters. The van der Waals surface area contributed by atoms with E-state index >= 15 is 0 Å². The molecular formula is C12H17N3O8. The first-order chi connectivity index (χ1) is 10.8. The summed E-state index contributed by atoms with van der Waals surface area (Å²) >= 11 is 0. The molecule has 1 rings (SSSR count). The van der Waals surface area contributed by atoms with Crippen LogP contribution in [0.5, 0.6) is 0 Å². The molecular weight excluding hydrogens is 314 g/mol. The number of rotatable bonds is 5. The highest BCUT2D eigenvalue weighted by atomic mass is 16.7. The quantitative estimate of drug-likeness (QED) is 0.239. The van der Waals surface area contributed by atoms with E-state index < -0.39 is 48.6 Å². The minimum Gasteiger partial charge on any atom is -0.463 e. The number of hydrogen-bond acceptors (Lipinski definition) is 9. The van der Waals surface area contributed by atoms with Gasteiger partial charge in [0.1, 0.15) is 18.8 Å². The molecule has 0 amide bonds. The summed E-state index contributed by atoms with van der Waals surface area (Å²) < 4.78 is 20.0. The Morgan fingerprint density at radius 1 is 1.13 bits per heavy atom. The van der Waals surface area contributed by atoms with Crippen LogP contribution >= 0.6 is 0 Å². The molecule has 1 fully saturated rings. The molecule has 0 aromatic heterocycles. The lowest BCUT2D eigenvalue weighted by Gasteiger charge is -2.41. The second-order valence-electron chi connectivity index (χ2n) is 4.71. The maximum Gasteiger partial charge on any atom is 0.303 e. The summed E-state index contributed by atoms with van der Waals surface area (Å²) in [7, 11) is 0. The summed E-state index contributed by atoms with van der Waals surface area (Å²) in [5, 5.41) is 13.2. The van der Waals surface area contributed by atoms with Crippen LogP contribution < -0.4 is 0 Å². The van der Waals surface area contributed by atoms with Crippen molar-refractivity contribution in [2.24, 2.45) is 5.11 Å². The number of carbonyl (C=O) groups is 3. The van der Waals surface area contributed by atoms with E-state index in [2.05, 4.69) is 10.0 Å². The molecule has 0 bridgehead atoms. The molecule has 11 heteroatoms. The molecule has 0 aliphatic carbocycles. The number of nitrogens with zero attached hydrogens (tertiary/aromatic N) is 3. The van der Waals surface area contributed by atoms with Crippen LogP contribution in [0, 0.1) is 0 Å². The van der Waals surface area contributed by atoms with E-state index in [1.54, 1.807) is 0 Å². The van der Waals surface area contributed by atoms with Gasteiger partial charge >= 0.3 is 17.9 Å². The highest BCUT2D eigenvalue weighted by Crippen LogP contribution is 2.28. The first-order valence-corrected chi connectivity index (χ1v) is 6.61. The van der Waals surface area contributed by atoms with Gasteiger partial charge in [0.05, 0.1) is 0 Å². The summed E-state index contributed by atoms with van der Waals surface area (Å²) in [5.74, 6) is -2.09. The number of aliphatic hydroxyl groups is 1. The largest absolute Gasteiger partial charge is 0.463 e. The average Bonchev–Trinajstić information content (AvgIpc) is 2.42. The first-order valence-electron chi connectivity index (χ1n) is 6.61. The monoisotopic (exact) mass is 331 g/mol. The van der Waals surface area contributed by atoms with Gasteiger partial charge in [-0.2, -0.15) is 0 Å². The fraction of sp³-hybridized carbons (Fsp3) is 0.750. The van der Waals surface area contributed by atoms with E-state index in [1.165, 1.54) is 0 Å². The van der Waals surface area contributed by atoms with Gasteiger partial charge in [0.25, 0.3) is 0 Å². The number of hydrogen-bond donors (Lipinski definition) is 1. The molecule has 0 spiro atoms. The van der Waals surface area contributed by atoms with Crippen molar-refractivity contribution in [3.05, 3.63) is 10.4 Å². The van der Waals surface area contributed by atoms with Crippen LogP contribution in [0.25, 0.3) is 10.4 Å². The fourth-order valence-electron chi connectivity index (χ4n) is 2.08. The third kappa shape index (κ3) is 5.40. The Bertz CT molecular complexity index is 518. The third-order valence-electron chi connectivity index (χ3n) is 2.87. The van der Waals surface area contributed by atoms with Gasteiger partial charge in [-0.25, -0.2) is 0 Å². The van der Waals surface area contributed by atoms with Crippen LogP contribution in [0.3, 0.4) is 0 Å². The Morgan fingerprint density at radius 3 is 2.17 bits per heavy atom. The Labute approximate surface area is 131 Å². The first kappa shape index (κ1) is 18.7. The summed E-state index contributed by atoms with van der Waals surface area (Å²) in [6.07, 6.45) is -5.26. The molecule has 1 heterocycles. The molecule has 0 saturated carbocycles. The maximum atomic E-state index is 11.3. The van der Waals surface area contributed by atoms with Gasteiger partial charge in [-0.15, -0.1) is 0 Å². The minimum absolute atomic E-state index is 0.356. The van der Waals surface area contributed by atoms with Crippen LogP contribution in [-0.2, 0) is 33.3 Å². The van der Waals surface area contributed by atoms with E-state index in [4.69, 9.17) is 24.5 Å². The summed E-state index contributed by atoms with van der Waals surface area (Å²) in [5.41, 5.74) is 8.57. The zero-order valence-corrected chi connectivity index (χ0v) is 12.7. The zero-order valence-electron chi connectivity index (χ0n) is 12.7. The highest BCUT2D eigenvalue weighted by molar-refractivity contribution is 5.67. The van der Waals surface area contributed by atoms with Crippen molar-refractivity contribution < 1.29 is 38.4 Å². The van der Waals surface area contributed by atoms with Crippen molar-refractivity contribution >= 4 is 17.9 Å². The van der Waals surface area contributed by atoms with Gasteiger partial charge in [0.15, 0.2) is 18.5 Å². The lowest BCUT2D eigenvalue weighted by Crippen LogP contribution is -2.60. The zero-order chi connectivity index (χ0) is 17.6. The molecule has 128 valence electrons. The second kappa shape index (κ2) is 8.32. The number of aliphatic hydroxyl groups excluding tert-OH is 1. The Hall–Kier alpha value is -2.36. The molecule has 2 unspecified atom stereocenters. The predicted octanol–water partition coefficient (Wildman–Crippen LogP) is -0.191. The van der Waals surface area contributed by atoms with Crippen LogP contribution in [0.2, 0.25) is 0 Å². The average molecular weight is 331 g/mol. The molecule has 1 aliphatic heterocycles. The van der Waals surface area contributed by atoms with E-state index in [0.717, 1.165) is 20.8 Å². The number of esters is 3. The summed E-state index contributed by atoms with van der Waals surface area (Å²) in [4.78, 5) is 36.0. The van der Waals surface area contributed by atoms with Crippen molar-refractivity contribution in [3.63, 3.8) is 0 Å². The normalized spacial score (nSPS) is 29.8. The molecule has 23 heavy (non-hydrogen) atoms. The Kier molecular flexibility index (Phi) is 6.76. The van der Waals surface area contributed by atoms with Crippen molar-refractivity contribution in [2.75, 3.05) is 6.61 Å². The van der Waals surface area contributed by atoms with Crippen LogP contribution in [0.1, 0.15) is 20.8 Å². The molecule has 11 nitrogen and oxygen atoms in total. The summed E-state index contributed by atoms with van der Waals surface area (Å²) in [6, 6.07) is -1.33. The van der Waals surface area contributed by atoms with Gasteiger partial charge in [0, 0.05) is 25.7 Å². The number of ether oxygens (including phenoxy) is 4. The van der Waals surface area contributed by atoms with Crippen molar-refractivity contribution in [1.82, 2.24) is 0 Å². The van der Waals surface area contributed by atoms with Crippen LogP contribution in [0.15, 0.2) is 5.11 Å². The van der Waals surface area contributed by atoms with Crippen molar-refractivity contribution in [3.8, 4) is 0 Å². The van der Waals surface area contributed by atoms with Gasteiger partial charge in [-0.1, -0.05) is 5.11 Å². The molecule has 1 aliphatic rings. The van der Waals surface area contributed by atoms with Crippen molar-refractivity contribution in [1.29, 1.82) is 0 Å². The van der Waals surface area contributed by atoms with Crippen molar-refractivity contribution in [2.45, 2.75) is 51.4 Å². The van der Waals surface area contributed by atoms with Gasteiger partial charge < -0.3 is 24.1 Å². The molecule has 1 saturated heterocycles. The maximum absolute atomic E-state index is 11.3. The van der Waals surface area contributed by atoms with E-state index in [-0.39, 0.29) is 6.61 Å². The second-order valence-corrected chi connectivity index (χ2v) is 4.71. The lowest BCUT2D eigenvalue weighted by atomic mass is 9.97. The predicted molar refractivity (Wildman–Crippen MR) is 71.6 cm³/mol. The van der Waals surface area contributed by atoms with E-state index in [9.17, 15) is 19.5 Å². The lowest BCUT2D eigenvalue weighted by molar-refractivity contribution is -0.260. The highest BCUT2D eigenvalue weighted by Gasteiger charge is 2.49. The molecule has 0 radical (unpaired) electrons. The minimum atomic E-state index is -1.64. The van der Waals surface area contributed by atoms with Crippen LogP contribution in [0.4, 0.5) is 0 Å².